The minimum Gasteiger partial charge on any atom is -0.478 e. The molecule has 0 heterocycles. The van der Waals surface area contributed by atoms with Gasteiger partial charge in [0.2, 0.25) is 0 Å². The van der Waals surface area contributed by atoms with Crippen molar-refractivity contribution in [3.8, 4) is 11.5 Å². The molecule has 2 aromatic carbocycles. The zero-order chi connectivity index (χ0) is 13.1. The Bertz CT molecular complexity index is 599. The molecular weight excluding hydrogens is 319 g/mol. The summed E-state index contributed by atoms with van der Waals surface area (Å²) in [5.41, 5.74) is 0.182. The van der Waals surface area contributed by atoms with Gasteiger partial charge in [-0.05, 0) is 46.3 Å². The highest BCUT2D eigenvalue weighted by atomic mass is 79.9. The lowest BCUT2D eigenvalue weighted by Crippen LogP contribution is -1.97. The van der Waals surface area contributed by atoms with Crippen LogP contribution in [0, 0.1) is 0 Å². The van der Waals surface area contributed by atoms with Crippen molar-refractivity contribution >= 4 is 33.5 Å². The number of carbonyl (C=O) groups is 1. The standard InChI is InChI=1S/C13H8BrClO3/c14-10-7-8(5-6-9(10)13(16)17)18-12-4-2-1-3-11(12)15/h1-7H,(H,16,17). The van der Waals surface area contributed by atoms with E-state index in [1.807, 2.05) is 6.07 Å². The molecule has 0 radical (unpaired) electrons. The van der Waals surface area contributed by atoms with Crippen molar-refractivity contribution in [2.75, 3.05) is 0 Å². The van der Waals surface area contributed by atoms with E-state index in [0.29, 0.717) is 21.0 Å². The maximum Gasteiger partial charge on any atom is 0.336 e. The van der Waals surface area contributed by atoms with Crippen LogP contribution in [0.1, 0.15) is 10.4 Å². The molecule has 0 saturated heterocycles. The number of rotatable bonds is 3. The highest BCUT2D eigenvalue weighted by molar-refractivity contribution is 9.10. The summed E-state index contributed by atoms with van der Waals surface area (Å²) in [6.07, 6.45) is 0. The first-order valence-electron chi connectivity index (χ1n) is 5.03. The van der Waals surface area contributed by atoms with Crippen LogP contribution in [-0.4, -0.2) is 11.1 Å². The summed E-state index contributed by atoms with van der Waals surface area (Å²) >= 11 is 9.15. The molecule has 0 spiro atoms. The number of hydrogen-bond acceptors (Lipinski definition) is 2. The lowest BCUT2D eigenvalue weighted by atomic mass is 10.2. The molecule has 0 fully saturated rings. The van der Waals surface area contributed by atoms with Crippen LogP contribution in [0.5, 0.6) is 11.5 Å². The molecule has 0 aliphatic carbocycles. The van der Waals surface area contributed by atoms with E-state index < -0.39 is 5.97 Å². The van der Waals surface area contributed by atoms with E-state index in [1.165, 1.54) is 6.07 Å². The molecule has 18 heavy (non-hydrogen) atoms. The highest BCUT2D eigenvalue weighted by Gasteiger charge is 2.10. The van der Waals surface area contributed by atoms with Gasteiger partial charge in [-0.15, -0.1) is 0 Å². The van der Waals surface area contributed by atoms with Gasteiger partial charge in [-0.3, -0.25) is 0 Å². The van der Waals surface area contributed by atoms with Crippen LogP contribution in [0.4, 0.5) is 0 Å². The Morgan fingerprint density at radius 1 is 1.22 bits per heavy atom. The summed E-state index contributed by atoms with van der Waals surface area (Å²) in [4.78, 5) is 10.9. The molecule has 0 aliphatic rings. The Labute approximate surface area is 117 Å². The first-order chi connectivity index (χ1) is 8.58. The zero-order valence-electron chi connectivity index (χ0n) is 9.06. The van der Waals surface area contributed by atoms with Gasteiger partial charge in [-0.2, -0.15) is 0 Å². The molecule has 2 rings (SSSR count). The Hall–Kier alpha value is -1.52. The monoisotopic (exact) mass is 326 g/mol. The average molecular weight is 328 g/mol. The number of hydrogen-bond donors (Lipinski definition) is 1. The van der Waals surface area contributed by atoms with Crippen molar-refractivity contribution < 1.29 is 14.6 Å². The third-order valence-corrected chi connectivity index (χ3v) is 3.20. The first kappa shape index (κ1) is 12.9. The van der Waals surface area contributed by atoms with E-state index in [1.54, 1.807) is 30.3 Å². The van der Waals surface area contributed by atoms with Crippen LogP contribution in [0.3, 0.4) is 0 Å². The van der Waals surface area contributed by atoms with E-state index >= 15 is 0 Å². The summed E-state index contributed by atoms with van der Waals surface area (Å²) < 4.78 is 6.03. The number of carboxylic acids is 1. The largest absolute Gasteiger partial charge is 0.478 e. The SMILES string of the molecule is O=C(O)c1ccc(Oc2ccccc2Cl)cc1Br. The van der Waals surface area contributed by atoms with Gasteiger partial charge < -0.3 is 9.84 Å². The molecule has 0 amide bonds. The van der Waals surface area contributed by atoms with Gasteiger partial charge in [-0.1, -0.05) is 23.7 Å². The van der Waals surface area contributed by atoms with Crippen molar-refractivity contribution in [2.24, 2.45) is 0 Å². The van der Waals surface area contributed by atoms with Crippen LogP contribution < -0.4 is 4.74 Å². The number of halogens is 2. The van der Waals surface area contributed by atoms with Crippen molar-refractivity contribution in [3.63, 3.8) is 0 Å². The van der Waals surface area contributed by atoms with Gasteiger partial charge in [0, 0.05) is 4.47 Å². The van der Waals surface area contributed by atoms with Crippen molar-refractivity contribution in [1.29, 1.82) is 0 Å². The number of benzene rings is 2. The maximum atomic E-state index is 10.9. The van der Waals surface area contributed by atoms with Gasteiger partial charge >= 0.3 is 5.97 Å². The van der Waals surface area contributed by atoms with Crippen LogP contribution in [0.25, 0.3) is 0 Å². The van der Waals surface area contributed by atoms with Crippen molar-refractivity contribution in [2.45, 2.75) is 0 Å². The van der Waals surface area contributed by atoms with Crippen LogP contribution in [0.15, 0.2) is 46.9 Å². The quantitative estimate of drug-likeness (QED) is 0.896. The first-order valence-corrected chi connectivity index (χ1v) is 6.20. The molecule has 0 atom stereocenters. The fraction of sp³-hybridized carbons (Fsp3) is 0. The smallest absolute Gasteiger partial charge is 0.336 e. The van der Waals surface area contributed by atoms with Gasteiger partial charge in [0.05, 0.1) is 10.6 Å². The Kier molecular flexibility index (Phi) is 3.89. The maximum absolute atomic E-state index is 10.9. The predicted octanol–water partition coefficient (Wildman–Crippen LogP) is 4.59. The average Bonchev–Trinajstić information content (AvgIpc) is 2.32. The molecule has 0 saturated carbocycles. The van der Waals surface area contributed by atoms with Gasteiger partial charge in [0.25, 0.3) is 0 Å². The third kappa shape index (κ3) is 2.83. The van der Waals surface area contributed by atoms with E-state index in [0.717, 1.165) is 0 Å². The molecule has 0 aliphatic heterocycles. The van der Waals surface area contributed by atoms with Gasteiger partial charge in [-0.25, -0.2) is 4.79 Å². The molecule has 92 valence electrons. The second-order valence-electron chi connectivity index (χ2n) is 3.48. The Balaban J connectivity index is 2.29. The molecule has 1 N–H and O–H groups in total. The predicted molar refractivity (Wildman–Crippen MR) is 72.6 cm³/mol. The van der Waals surface area contributed by atoms with Crippen molar-refractivity contribution in [3.05, 3.63) is 57.5 Å². The molecule has 5 heteroatoms. The topological polar surface area (TPSA) is 46.5 Å². The number of ether oxygens (including phenoxy) is 1. The normalized spacial score (nSPS) is 10.1. The number of carboxylic acid groups (broad SMARTS) is 1. The van der Waals surface area contributed by atoms with E-state index in [2.05, 4.69) is 15.9 Å². The Morgan fingerprint density at radius 2 is 1.94 bits per heavy atom. The molecule has 3 nitrogen and oxygen atoms in total. The Morgan fingerprint density at radius 3 is 2.56 bits per heavy atom. The van der Waals surface area contributed by atoms with Crippen molar-refractivity contribution in [1.82, 2.24) is 0 Å². The second kappa shape index (κ2) is 5.42. The third-order valence-electron chi connectivity index (χ3n) is 2.24. The number of para-hydroxylation sites is 1. The molecular formula is C13H8BrClO3. The number of aromatic carboxylic acids is 1. The minimum absolute atomic E-state index is 0.182. The lowest BCUT2D eigenvalue weighted by Gasteiger charge is -2.08. The second-order valence-corrected chi connectivity index (χ2v) is 4.74. The van der Waals surface area contributed by atoms with Crippen LogP contribution in [0.2, 0.25) is 5.02 Å². The van der Waals surface area contributed by atoms with Gasteiger partial charge in [0.15, 0.2) is 0 Å². The fourth-order valence-electron chi connectivity index (χ4n) is 1.39. The van der Waals surface area contributed by atoms with E-state index in [-0.39, 0.29) is 5.56 Å². The van der Waals surface area contributed by atoms with Gasteiger partial charge in [0.1, 0.15) is 11.5 Å². The summed E-state index contributed by atoms with van der Waals surface area (Å²) in [5, 5.41) is 9.39. The van der Waals surface area contributed by atoms with Crippen LogP contribution >= 0.6 is 27.5 Å². The summed E-state index contributed by atoms with van der Waals surface area (Å²) in [6, 6.07) is 11.7. The molecule has 0 unspecified atom stereocenters. The molecule has 0 aromatic heterocycles. The van der Waals surface area contributed by atoms with Crippen LogP contribution in [-0.2, 0) is 0 Å². The lowest BCUT2D eigenvalue weighted by molar-refractivity contribution is 0.0696. The molecule has 0 bridgehead atoms. The summed E-state index contributed by atoms with van der Waals surface area (Å²) in [6.45, 7) is 0. The summed E-state index contributed by atoms with van der Waals surface area (Å²) in [5.74, 6) is 0.0419. The summed E-state index contributed by atoms with van der Waals surface area (Å²) in [7, 11) is 0. The molecule has 2 aromatic rings. The highest BCUT2D eigenvalue weighted by Crippen LogP contribution is 2.31. The van der Waals surface area contributed by atoms with E-state index in [9.17, 15) is 4.79 Å². The van der Waals surface area contributed by atoms with E-state index in [4.69, 9.17) is 21.4 Å². The fourth-order valence-corrected chi connectivity index (χ4v) is 2.09. The zero-order valence-corrected chi connectivity index (χ0v) is 11.4. The minimum atomic E-state index is -0.994.